The molecule has 156 valence electrons. The molecule has 0 spiro atoms. The van der Waals surface area contributed by atoms with Gasteiger partial charge < -0.3 is 24.5 Å². The molecule has 8 nitrogen and oxygen atoms in total. The molecule has 28 heavy (non-hydrogen) atoms. The van der Waals surface area contributed by atoms with Crippen LogP contribution in [0.15, 0.2) is 21.8 Å². The second kappa shape index (κ2) is 12.0. The van der Waals surface area contributed by atoms with Crippen molar-refractivity contribution in [2.75, 3.05) is 0 Å². The third-order valence-corrected chi connectivity index (χ3v) is 5.14. The van der Waals surface area contributed by atoms with Crippen molar-refractivity contribution in [1.82, 2.24) is 0 Å². The van der Waals surface area contributed by atoms with E-state index in [4.69, 9.17) is 4.74 Å². The normalized spacial score (nSPS) is 18.5. The van der Waals surface area contributed by atoms with E-state index in [9.17, 15) is 34.2 Å². The van der Waals surface area contributed by atoms with Crippen LogP contribution in [0.3, 0.4) is 0 Å². The summed E-state index contributed by atoms with van der Waals surface area (Å²) in [7, 11) is 0. The molecule has 0 aliphatic rings. The first-order valence-corrected chi connectivity index (χ1v) is 9.68. The molecule has 0 aliphatic carbocycles. The number of hydrogen-bond donors (Lipinski definition) is 2. The van der Waals surface area contributed by atoms with Crippen molar-refractivity contribution in [3.8, 4) is 0 Å². The fourth-order valence-corrected chi connectivity index (χ4v) is 2.78. The topological polar surface area (TPSA) is 135 Å². The molecule has 0 radical (unpaired) electrons. The van der Waals surface area contributed by atoms with E-state index in [0.717, 1.165) is 25.7 Å². The highest BCUT2D eigenvalue weighted by Crippen LogP contribution is 2.24. The summed E-state index contributed by atoms with van der Waals surface area (Å²) < 4.78 is 6.72. The molecule has 5 unspecified atom stereocenters. The first-order valence-electron chi connectivity index (χ1n) is 8.44. The Hall–Kier alpha value is -1.72. The number of carbonyl (C=O) groups is 5. The smallest absolute Gasteiger partial charge is 0.303 e. The lowest BCUT2D eigenvalue weighted by Gasteiger charge is -2.29. The summed E-state index contributed by atoms with van der Waals surface area (Å²) in [5, 5.41) is 20.1. The first kappa shape index (κ1) is 26.3. The van der Waals surface area contributed by atoms with Gasteiger partial charge in [0.15, 0.2) is 11.7 Å². The van der Waals surface area contributed by atoms with Gasteiger partial charge in [0, 0.05) is 19.3 Å². The monoisotopic (exact) mass is 508 g/mol. The first-order chi connectivity index (χ1) is 12.9. The number of halogens is 1. The van der Waals surface area contributed by atoms with E-state index in [2.05, 4.69) is 0 Å². The van der Waals surface area contributed by atoms with Crippen LogP contribution >= 0.6 is 22.6 Å². The van der Waals surface area contributed by atoms with E-state index in [-0.39, 0.29) is 12.2 Å². The maximum Gasteiger partial charge on any atom is 0.303 e. The minimum Gasteiger partial charge on any atom is -0.455 e. The lowest BCUT2D eigenvalue weighted by molar-refractivity contribution is -0.167. The molecule has 0 aromatic carbocycles. The summed E-state index contributed by atoms with van der Waals surface area (Å²) in [6.07, 6.45) is -0.308. The zero-order valence-electron chi connectivity index (χ0n) is 16.1. The molecular formula is C19H25IO8. The van der Waals surface area contributed by atoms with Gasteiger partial charge in [-0.1, -0.05) is 41.2 Å². The Balaban J connectivity index is 5.74. The summed E-state index contributed by atoms with van der Waals surface area (Å²) >= 11 is 2.00. The van der Waals surface area contributed by atoms with Gasteiger partial charge >= 0.3 is 5.97 Å². The van der Waals surface area contributed by atoms with Crippen molar-refractivity contribution in [2.24, 2.45) is 11.8 Å². The zero-order chi connectivity index (χ0) is 22.1. The van der Waals surface area contributed by atoms with Gasteiger partial charge in [0.05, 0.1) is 0 Å². The highest BCUT2D eigenvalue weighted by Gasteiger charge is 2.45. The second-order valence-corrected chi connectivity index (χ2v) is 7.17. The van der Waals surface area contributed by atoms with Gasteiger partial charge in [-0.15, -0.1) is 0 Å². The Morgan fingerprint density at radius 3 is 2.18 bits per heavy atom. The average molecular weight is 508 g/mol. The molecule has 0 saturated carbocycles. The molecular weight excluding hydrogens is 483 g/mol. The summed E-state index contributed by atoms with van der Waals surface area (Å²) in [6.45, 7) is 5.52. The molecule has 0 amide bonds. The predicted molar refractivity (Wildman–Crippen MR) is 109 cm³/mol. The fourth-order valence-electron chi connectivity index (χ4n) is 2.36. The van der Waals surface area contributed by atoms with Gasteiger partial charge in [-0.3, -0.25) is 14.4 Å². The molecule has 0 saturated heterocycles. The van der Waals surface area contributed by atoms with Gasteiger partial charge in [-0.05, 0) is 29.9 Å². The molecule has 0 bridgehead atoms. The van der Waals surface area contributed by atoms with Gasteiger partial charge in [-0.25, -0.2) is 0 Å². The van der Waals surface area contributed by atoms with Crippen LogP contribution in [-0.2, 0) is 28.7 Å². The van der Waals surface area contributed by atoms with Crippen LogP contribution in [0.4, 0.5) is 0 Å². The van der Waals surface area contributed by atoms with Crippen molar-refractivity contribution in [2.45, 2.75) is 51.9 Å². The standard InChI is InChI=1S/C19H25IO8/c1-11(14(10-22)12(2)9-20)5-6-16(28-13(3)23)19(4,27)18(26)17(25)15(24)7-8-21/h5-6,8-11,14-16,24,27H,7H2,1-4H3/b6-5+,12-9+. The number of aliphatic hydroxyl groups excluding tert-OH is 1. The van der Waals surface area contributed by atoms with Crippen LogP contribution < -0.4 is 0 Å². The summed E-state index contributed by atoms with van der Waals surface area (Å²) in [5.74, 6) is -4.41. The van der Waals surface area contributed by atoms with E-state index < -0.39 is 47.7 Å². The van der Waals surface area contributed by atoms with E-state index in [1.165, 1.54) is 12.2 Å². The van der Waals surface area contributed by atoms with Gasteiger partial charge in [0.1, 0.15) is 18.7 Å². The maximum atomic E-state index is 12.3. The van der Waals surface area contributed by atoms with Crippen molar-refractivity contribution in [3.63, 3.8) is 0 Å². The number of aliphatic hydroxyl groups is 2. The van der Waals surface area contributed by atoms with E-state index in [1.54, 1.807) is 17.9 Å². The van der Waals surface area contributed by atoms with Crippen LogP contribution in [0.5, 0.6) is 0 Å². The van der Waals surface area contributed by atoms with Crippen molar-refractivity contribution in [3.05, 3.63) is 21.8 Å². The number of allylic oxidation sites excluding steroid dienone is 2. The van der Waals surface area contributed by atoms with Crippen LogP contribution in [0.2, 0.25) is 0 Å². The third kappa shape index (κ3) is 7.36. The van der Waals surface area contributed by atoms with E-state index in [1.807, 2.05) is 22.6 Å². The molecule has 0 fully saturated rings. The molecule has 0 aromatic rings. The molecule has 0 aromatic heterocycles. The Kier molecular flexibility index (Phi) is 11.2. The minimum atomic E-state index is -2.48. The Labute approximate surface area is 177 Å². The Morgan fingerprint density at radius 1 is 1.18 bits per heavy atom. The van der Waals surface area contributed by atoms with E-state index >= 15 is 0 Å². The van der Waals surface area contributed by atoms with Crippen molar-refractivity contribution in [1.29, 1.82) is 0 Å². The molecule has 9 heteroatoms. The maximum absolute atomic E-state index is 12.3. The predicted octanol–water partition coefficient (Wildman–Crippen LogP) is 1.10. The number of rotatable bonds is 12. The van der Waals surface area contributed by atoms with Crippen LogP contribution in [0.1, 0.15) is 34.1 Å². The molecule has 0 aliphatic heterocycles. The second-order valence-electron chi connectivity index (χ2n) is 6.55. The van der Waals surface area contributed by atoms with Gasteiger partial charge in [0.25, 0.3) is 0 Å². The number of carbonyl (C=O) groups excluding carboxylic acids is 5. The fraction of sp³-hybridized carbons (Fsp3) is 0.526. The lowest BCUT2D eigenvalue weighted by Crippen LogP contribution is -2.53. The van der Waals surface area contributed by atoms with Crippen LogP contribution in [0, 0.1) is 11.8 Å². The highest BCUT2D eigenvalue weighted by atomic mass is 127. The minimum absolute atomic E-state index is 0.262. The summed E-state index contributed by atoms with van der Waals surface area (Å²) in [5.41, 5.74) is -1.68. The largest absolute Gasteiger partial charge is 0.455 e. The molecule has 5 atom stereocenters. The summed E-state index contributed by atoms with van der Waals surface area (Å²) in [6, 6.07) is 0. The average Bonchev–Trinajstić information content (AvgIpc) is 2.63. The number of Topliss-reactive ketones (excluding diaryl/α,β-unsaturated/α-hetero) is 2. The Bertz CT molecular complexity index is 665. The summed E-state index contributed by atoms with van der Waals surface area (Å²) in [4.78, 5) is 57.4. The number of aldehydes is 2. The van der Waals surface area contributed by atoms with Gasteiger partial charge in [-0.2, -0.15) is 0 Å². The van der Waals surface area contributed by atoms with Crippen molar-refractivity contribution >= 4 is 52.7 Å². The number of hydrogen-bond acceptors (Lipinski definition) is 8. The number of ether oxygens (including phenoxy) is 1. The number of ketones is 2. The molecule has 0 heterocycles. The van der Waals surface area contributed by atoms with E-state index in [0.29, 0.717) is 0 Å². The lowest BCUT2D eigenvalue weighted by atomic mass is 9.86. The highest BCUT2D eigenvalue weighted by molar-refractivity contribution is 14.1. The molecule has 2 N–H and O–H groups in total. The van der Waals surface area contributed by atoms with Crippen LogP contribution in [0.25, 0.3) is 0 Å². The van der Waals surface area contributed by atoms with Crippen molar-refractivity contribution < 1.29 is 38.9 Å². The third-order valence-electron chi connectivity index (χ3n) is 4.15. The zero-order valence-corrected chi connectivity index (χ0v) is 18.3. The van der Waals surface area contributed by atoms with Gasteiger partial charge in [0.2, 0.25) is 11.6 Å². The Morgan fingerprint density at radius 2 is 1.75 bits per heavy atom. The number of esters is 1. The van der Waals surface area contributed by atoms with Crippen LogP contribution in [-0.4, -0.2) is 58.1 Å². The SMILES string of the molecule is CC(=O)OC(/C=C/C(C)C(C=O)/C(C)=C/I)C(C)(O)C(=O)C(=O)C(O)CC=O. The molecule has 0 rings (SSSR count). The quantitative estimate of drug-likeness (QED) is 0.132.